The fourth-order valence-corrected chi connectivity index (χ4v) is 3.45. The third-order valence-electron chi connectivity index (χ3n) is 5.25. The first-order valence-corrected chi connectivity index (χ1v) is 7.51. The van der Waals surface area contributed by atoms with Gasteiger partial charge in [-0.1, -0.05) is 27.2 Å². The lowest BCUT2D eigenvalue weighted by molar-refractivity contribution is 0.153. The van der Waals surface area contributed by atoms with E-state index in [0.717, 1.165) is 11.8 Å². The Kier molecular flexibility index (Phi) is 4.14. The van der Waals surface area contributed by atoms with Gasteiger partial charge >= 0.3 is 0 Å². The summed E-state index contributed by atoms with van der Waals surface area (Å²) in [6, 6.07) is 0.401. The Morgan fingerprint density at radius 1 is 1.18 bits per heavy atom. The zero-order chi connectivity index (χ0) is 12.5. The van der Waals surface area contributed by atoms with Crippen molar-refractivity contribution in [3.63, 3.8) is 0 Å². The lowest BCUT2D eigenvalue weighted by Gasteiger charge is -2.35. The van der Waals surface area contributed by atoms with E-state index in [-0.39, 0.29) is 0 Å². The highest BCUT2D eigenvalue weighted by molar-refractivity contribution is 4.95. The van der Waals surface area contributed by atoms with E-state index in [1.807, 2.05) is 0 Å². The van der Waals surface area contributed by atoms with E-state index in [1.54, 1.807) is 0 Å². The van der Waals surface area contributed by atoms with Gasteiger partial charge in [0, 0.05) is 19.1 Å². The maximum absolute atomic E-state index is 6.41. The van der Waals surface area contributed by atoms with Crippen molar-refractivity contribution in [1.82, 2.24) is 4.90 Å². The third-order valence-corrected chi connectivity index (χ3v) is 5.25. The summed E-state index contributed by atoms with van der Waals surface area (Å²) in [5, 5.41) is 0. The highest BCUT2D eigenvalue weighted by Crippen LogP contribution is 2.40. The van der Waals surface area contributed by atoms with Gasteiger partial charge in [0.25, 0.3) is 0 Å². The first kappa shape index (κ1) is 13.4. The second kappa shape index (κ2) is 5.27. The third kappa shape index (κ3) is 3.03. The fraction of sp³-hybridized carbons (Fsp3) is 1.00. The predicted octanol–water partition coefficient (Wildman–Crippen LogP) is 2.87. The first-order chi connectivity index (χ1) is 8.03. The molecular weight excluding hydrogens is 208 g/mol. The maximum Gasteiger partial charge on any atom is 0.0131 e. The van der Waals surface area contributed by atoms with E-state index in [9.17, 15) is 0 Å². The summed E-state index contributed by atoms with van der Waals surface area (Å²) in [4.78, 5) is 2.65. The Bertz CT molecular complexity index is 245. The fourth-order valence-electron chi connectivity index (χ4n) is 3.45. The summed E-state index contributed by atoms with van der Waals surface area (Å²) < 4.78 is 0. The Morgan fingerprint density at radius 2 is 1.88 bits per heavy atom. The molecule has 0 aromatic rings. The van der Waals surface area contributed by atoms with Crippen LogP contribution in [0.5, 0.6) is 0 Å². The van der Waals surface area contributed by atoms with Gasteiger partial charge in [0.2, 0.25) is 0 Å². The molecular formula is C15H30N2. The van der Waals surface area contributed by atoms with Crippen LogP contribution in [-0.2, 0) is 0 Å². The number of rotatable bonds is 5. The van der Waals surface area contributed by atoms with E-state index < -0.39 is 0 Å². The summed E-state index contributed by atoms with van der Waals surface area (Å²) >= 11 is 0. The summed E-state index contributed by atoms with van der Waals surface area (Å²) in [6.07, 6.45) is 7.00. The van der Waals surface area contributed by atoms with E-state index in [4.69, 9.17) is 5.73 Å². The van der Waals surface area contributed by atoms with Gasteiger partial charge in [-0.2, -0.15) is 0 Å². The minimum Gasteiger partial charge on any atom is -0.327 e. The van der Waals surface area contributed by atoms with E-state index >= 15 is 0 Å². The first-order valence-electron chi connectivity index (χ1n) is 7.51. The lowest BCUT2D eigenvalue weighted by Crippen LogP contribution is -2.43. The van der Waals surface area contributed by atoms with Crippen molar-refractivity contribution in [3.8, 4) is 0 Å². The van der Waals surface area contributed by atoms with Crippen LogP contribution in [0.2, 0.25) is 0 Å². The Hall–Kier alpha value is -0.0800. The van der Waals surface area contributed by atoms with Crippen molar-refractivity contribution in [2.24, 2.45) is 23.0 Å². The van der Waals surface area contributed by atoms with Crippen molar-refractivity contribution < 1.29 is 0 Å². The molecule has 2 N–H and O–H groups in total. The van der Waals surface area contributed by atoms with Gasteiger partial charge in [0.15, 0.2) is 0 Å². The number of hydrogen-bond acceptors (Lipinski definition) is 2. The van der Waals surface area contributed by atoms with Crippen LogP contribution in [0.4, 0.5) is 0 Å². The summed E-state index contributed by atoms with van der Waals surface area (Å²) in [7, 11) is 0. The normalized spacial score (nSPS) is 33.0. The average molecular weight is 238 g/mol. The Morgan fingerprint density at radius 3 is 2.29 bits per heavy atom. The monoisotopic (exact) mass is 238 g/mol. The second-order valence-electron chi connectivity index (χ2n) is 6.96. The molecule has 0 radical (unpaired) electrons. The zero-order valence-electron chi connectivity index (χ0n) is 11.9. The van der Waals surface area contributed by atoms with Gasteiger partial charge in [-0.05, 0) is 49.5 Å². The van der Waals surface area contributed by atoms with E-state index in [2.05, 4.69) is 25.7 Å². The number of nitrogens with zero attached hydrogens (tertiary/aromatic N) is 1. The highest BCUT2D eigenvalue weighted by atomic mass is 15.1. The summed E-state index contributed by atoms with van der Waals surface area (Å²) in [5.74, 6) is 1.71. The molecule has 0 aromatic carbocycles. The predicted molar refractivity (Wildman–Crippen MR) is 73.9 cm³/mol. The lowest BCUT2D eigenvalue weighted by atomic mass is 9.84. The zero-order valence-corrected chi connectivity index (χ0v) is 11.9. The standard InChI is InChI=1S/C15H30N2/c1-4-17(10-12-6-5-7-12)11-13-8-9-15(2,3)14(13)16/h12-14H,4-11,16H2,1-3H3. The molecule has 0 amide bonds. The molecule has 0 bridgehead atoms. The second-order valence-corrected chi connectivity index (χ2v) is 6.96. The summed E-state index contributed by atoms with van der Waals surface area (Å²) in [6.45, 7) is 10.7. The van der Waals surface area contributed by atoms with Crippen molar-refractivity contribution in [3.05, 3.63) is 0 Å². The van der Waals surface area contributed by atoms with Crippen LogP contribution in [0.25, 0.3) is 0 Å². The molecule has 100 valence electrons. The van der Waals surface area contributed by atoms with Crippen LogP contribution in [0.1, 0.15) is 52.9 Å². The molecule has 2 unspecified atom stereocenters. The molecule has 0 aromatic heterocycles. The SMILES string of the molecule is CCN(CC1CCC1)CC1CCC(C)(C)C1N. The molecule has 2 rings (SSSR count). The molecule has 17 heavy (non-hydrogen) atoms. The molecule has 0 saturated heterocycles. The largest absolute Gasteiger partial charge is 0.327 e. The Labute approximate surface area is 107 Å². The molecule has 2 nitrogen and oxygen atoms in total. The summed E-state index contributed by atoms with van der Waals surface area (Å²) in [5.41, 5.74) is 6.77. The topological polar surface area (TPSA) is 29.3 Å². The van der Waals surface area contributed by atoms with Crippen LogP contribution < -0.4 is 5.73 Å². The van der Waals surface area contributed by atoms with Gasteiger partial charge in [-0.3, -0.25) is 0 Å². The van der Waals surface area contributed by atoms with Gasteiger partial charge in [0.05, 0.1) is 0 Å². The molecule has 2 aliphatic rings. The smallest absolute Gasteiger partial charge is 0.0131 e. The van der Waals surface area contributed by atoms with Gasteiger partial charge in [0.1, 0.15) is 0 Å². The van der Waals surface area contributed by atoms with Crippen LogP contribution >= 0.6 is 0 Å². The minimum atomic E-state index is 0.362. The van der Waals surface area contributed by atoms with Crippen LogP contribution in [0.15, 0.2) is 0 Å². The average Bonchev–Trinajstić information content (AvgIpc) is 2.48. The van der Waals surface area contributed by atoms with Crippen LogP contribution in [0.3, 0.4) is 0 Å². The van der Waals surface area contributed by atoms with Gasteiger partial charge in [-0.15, -0.1) is 0 Å². The highest BCUT2D eigenvalue weighted by Gasteiger charge is 2.39. The molecule has 2 heteroatoms. The van der Waals surface area contributed by atoms with Crippen molar-refractivity contribution in [1.29, 1.82) is 0 Å². The molecule has 0 heterocycles. The van der Waals surface area contributed by atoms with Crippen LogP contribution in [-0.4, -0.2) is 30.6 Å². The van der Waals surface area contributed by atoms with E-state index in [0.29, 0.717) is 11.5 Å². The molecule has 0 spiro atoms. The minimum absolute atomic E-state index is 0.362. The molecule has 2 saturated carbocycles. The van der Waals surface area contributed by atoms with Gasteiger partial charge in [-0.25, -0.2) is 0 Å². The Balaban J connectivity index is 1.82. The maximum atomic E-state index is 6.41. The van der Waals surface area contributed by atoms with E-state index in [1.165, 1.54) is 51.7 Å². The van der Waals surface area contributed by atoms with Crippen molar-refractivity contribution in [2.75, 3.05) is 19.6 Å². The van der Waals surface area contributed by atoms with Gasteiger partial charge < -0.3 is 10.6 Å². The molecule has 2 atom stereocenters. The molecule has 2 fully saturated rings. The quantitative estimate of drug-likeness (QED) is 0.798. The number of nitrogens with two attached hydrogens (primary N) is 1. The number of hydrogen-bond donors (Lipinski definition) is 1. The van der Waals surface area contributed by atoms with Crippen LogP contribution in [0, 0.1) is 17.3 Å². The van der Waals surface area contributed by atoms with Crippen molar-refractivity contribution in [2.45, 2.75) is 58.9 Å². The van der Waals surface area contributed by atoms with Crippen molar-refractivity contribution >= 4 is 0 Å². The molecule has 0 aliphatic heterocycles. The molecule has 2 aliphatic carbocycles.